The first-order chi connectivity index (χ1) is 8.69. The highest BCUT2D eigenvalue weighted by molar-refractivity contribution is 5.21. The van der Waals surface area contributed by atoms with Gasteiger partial charge in [-0.15, -0.1) is 0 Å². The summed E-state index contributed by atoms with van der Waals surface area (Å²) in [6.07, 6.45) is 7.03. The number of hydrogen-bond acceptors (Lipinski definition) is 1. The number of hydrogen-bond donors (Lipinski definition) is 1. The van der Waals surface area contributed by atoms with Gasteiger partial charge in [0.1, 0.15) is 0 Å². The molecule has 0 aliphatic heterocycles. The van der Waals surface area contributed by atoms with E-state index in [-0.39, 0.29) is 6.10 Å². The molecule has 1 saturated carbocycles. The number of benzene rings is 1. The van der Waals surface area contributed by atoms with Crippen LogP contribution in [0.15, 0.2) is 24.3 Å². The molecule has 2 rings (SSSR count). The monoisotopic (exact) mass is 246 g/mol. The maximum absolute atomic E-state index is 10.4. The molecule has 18 heavy (non-hydrogen) atoms. The zero-order valence-electron chi connectivity index (χ0n) is 11.7. The van der Waals surface area contributed by atoms with Crippen molar-refractivity contribution in [3.05, 3.63) is 35.4 Å². The van der Waals surface area contributed by atoms with Gasteiger partial charge in [0.25, 0.3) is 0 Å². The Bertz CT molecular complexity index is 346. The minimum atomic E-state index is -0.148. The van der Waals surface area contributed by atoms with E-state index in [1.165, 1.54) is 43.2 Å². The number of aryl methyl sites for hydroxylation is 1. The maximum atomic E-state index is 10.4. The minimum absolute atomic E-state index is 0.148. The van der Waals surface area contributed by atoms with Crippen molar-refractivity contribution in [2.45, 2.75) is 58.5 Å². The third-order valence-electron chi connectivity index (χ3n) is 4.58. The zero-order chi connectivity index (χ0) is 13.0. The highest BCUT2D eigenvalue weighted by atomic mass is 16.3. The van der Waals surface area contributed by atoms with E-state index in [9.17, 15) is 5.11 Å². The van der Waals surface area contributed by atoms with Crippen LogP contribution in [-0.4, -0.2) is 11.2 Å². The van der Waals surface area contributed by atoms with Gasteiger partial charge in [-0.3, -0.25) is 0 Å². The van der Waals surface area contributed by atoms with E-state index in [0.717, 1.165) is 12.3 Å². The first-order valence-corrected chi connectivity index (χ1v) is 7.42. The Balaban J connectivity index is 1.85. The molecular formula is C17H26O. The van der Waals surface area contributed by atoms with Gasteiger partial charge in [-0.1, -0.05) is 56.0 Å². The van der Waals surface area contributed by atoms with Crippen LogP contribution in [0.4, 0.5) is 0 Å². The Morgan fingerprint density at radius 2 is 1.72 bits per heavy atom. The maximum Gasteiger partial charge on any atom is 0.0608 e. The van der Waals surface area contributed by atoms with Gasteiger partial charge >= 0.3 is 0 Å². The molecule has 100 valence electrons. The molecule has 1 heteroatoms. The molecule has 0 radical (unpaired) electrons. The minimum Gasteiger partial charge on any atom is -0.392 e. The second-order valence-electron chi connectivity index (χ2n) is 5.95. The highest BCUT2D eigenvalue weighted by Crippen LogP contribution is 2.33. The van der Waals surface area contributed by atoms with Crippen LogP contribution in [0.5, 0.6) is 0 Å². The van der Waals surface area contributed by atoms with Crippen LogP contribution >= 0.6 is 0 Å². The summed E-state index contributed by atoms with van der Waals surface area (Å²) < 4.78 is 0. The molecule has 1 fully saturated rings. The van der Waals surface area contributed by atoms with Crippen LogP contribution in [-0.2, 0) is 6.42 Å². The summed E-state index contributed by atoms with van der Waals surface area (Å²) in [7, 11) is 0. The van der Waals surface area contributed by atoms with Gasteiger partial charge in [-0.05, 0) is 43.6 Å². The van der Waals surface area contributed by atoms with Gasteiger partial charge < -0.3 is 5.11 Å². The topological polar surface area (TPSA) is 20.2 Å². The van der Waals surface area contributed by atoms with Gasteiger partial charge in [-0.25, -0.2) is 0 Å². The average molecular weight is 246 g/mol. The molecule has 1 N–H and O–H groups in total. The lowest BCUT2D eigenvalue weighted by atomic mass is 9.77. The van der Waals surface area contributed by atoms with E-state index >= 15 is 0 Å². The lowest BCUT2D eigenvalue weighted by Crippen LogP contribution is -2.27. The van der Waals surface area contributed by atoms with Crippen LogP contribution in [0.3, 0.4) is 0 Å². The Morgan fingerprint density at radius 3 is 2.28 bits per heavy atom. The molecule has 0 aromatic heterocycles. The summed E-state index contributed by atoms with van der Waals surface area (Å²) in [4.78, 5) is 0. The summed E-state index contributed by atoms with van der Waals surface area (Å²) >= 11 is 0. The SMILES string of the molecule is CCC1CCC(C(O)Cc2ccc(C)cc2)CC1. The third-order valence-corrected chi connectivity index (χ3v) is 4.58. The fourth-order valence-electron chi connectivity index (χ4n) is 3.11. The van der Waals surface area contributed by atoms with Gasteiger partial charge in [0.05, 0.1) is 6.10 Å². The molecule has 1 aromatic rings. The molecule has 0 spiro atoms. The predicted molar refractivity (Wildman–Crippen MR) is 76.6 cm³/mol. The van der Waals surface area contributed by atoms with Crippen molar-refractivity contribution < 1.29 is 5.11 Å². The second kappa shape index (κ2) is 6.38. The van der Waals surface area contributed by atoms with E-state index in [2.05, 4.69) is 38.1 Å². The summed E-state index contributed by atoms with van der Waals surface area (Å²) in [5.74, 6) is 1.43. The van der Waals surface area contributed by atoms with Gasteiger partial charge in [0, 0.05) is 0 Å². The van der Waals surface area contributed by atoms with Crippen LogP contribution in [0, 0.1) is 18.8 Å². The molecule has 0 heterocycles. The summed E-state index contributed by atoms with van der Waals surface area (Å²) in [5, 5.41) is 10.4. The molecule has 1 atom stereocenters. The Morgan fingerprint density at radius 1 is 1.11 bits per heavy atom. The average Bonchev–Trinajstić information content (AvgIpc) is 2.41. The fourth-order valence-corrected chi connectivity index (χ4v) is 3.11. The van der Waals surface area contributed by atoms with Crippen molar-refractivity contribution in [2.24, 2.45) is 11.8 Å². The summed E-state index contributed by atoms with van der Waals surface area (Å²) in [5.41, 5.74) is 2.56. The van der Waals surface area contributed by atoms with Gasteiger partial charge in [-0.2, -0.15) is 0 Å². The summed E-state index contributed by atoms with van der Waals surface area (Å²) in [6, 6.07) is 8.57. The van der Waals surface area contributed by atoms with E-state index < -0.39 is 0 Å². The Kier molecular flexibility index (Phi) is 4.82. The zero-order valence-corrected chi connectivity index (χ0v) is 11.7. The van der Waals surface area contributed by atoms with E-state index in [0.29, 0.717) is 5.92 Å². The highest BCUT2D eigenvalue weighted by Gasteiger charge is 2.25. The van der Waals surface area contributed by atoms with Crippen molar-refractivity contribution >= 4 is 0 Å². The summed E-state index contributed by atoms with van der Waals surface area (Å²) in [6.45, 7) is 4.39. The van der Waals surface area contributed by atoms with Crippen LogP contribution in [0.1, 0.15) is 50.2 Å². The number of rotatable bonds is 4. The molecular weight excluding hydrogens is 220 g/mol. The second-order valence-corrected chi connectivity index (χ2v) is 5.95. The molecule has 1 aliphatic carbocycles. The Labute approximate surface area is 111 Å². The van der Waals surface area contributed by atoms with Crippen molar-refractivity contribution in [1.82, 2.24) is 0 Å². The van der Waals surface area contributed by atoms with E-state index in [4.69, 9.17) is 0 Å². The van der Waals surface area contributed by atoms with Crippen LogP contribution in [0.2, 0.25) is 0 Å². The number of aliphatic hydroxyl groups excluding tert-OH is 1. The molecule has 1 aliphatic rings. The van der Waals surface area contributed by atoms with Gasteiger partial charge in [0.2, 0.25) is 0 Å². The van der Waals surface area contributed by atoms with E-state index in [1.54, 1.807) is 0 Å². The first kappa shape index (κ1) is 13.6. The molecule has 1 unspecified atom stereocenters. The predicted octanol–water partition coefficient (Wildman–Crippen LogP) is 4.11. The van der Waals surface area contributed by atoms with Crippen LogP contribution in [0.25, 0.3) is 0 Å². The smallest absolute Gasteiger partial charge is 0.0608 e. The van der Waals surface area contributed by atoms with E-state index in [1.807, 2.05) is 0 Å². The molecule has 1 nitrogen and oxygen atoms in total. The largest absolute Gasteiger partial charge is 0.392 e. The van der Waals surface area contributed by atoms with Crippen molar-refractivity contribution in [3.8, 4) is 0 Å². The van der Waals surface area contributed by atoms with Crippen LogP contribution < -0.4 is 0 Å². The van der Waals surface area contributed by atoms with Crippen molar-refractivity contribution in [3.63, 3.8) is 0 Å². The standard InChI is InChI=1S/C17H26O/c1-3-14-8-10-16(11-9-14)17(18)12-15-6-4-13(2)5-7-15/h4-7,14,16-18H,3,8-12H2,1-2H3. The number of aliphatic hydroxyl groups is 1. The van der Waals surface area contributed by atoms with Crippen molar-refractivity contribution in [2.75, 3.05) is 0 Å². The Hall–Kier alpha value is -0.820. The lowest BCUT2D eigenvalue weighted by Gasteiger charge is -2.31. The molecule has 0 saturated heterocycles. The van der Waals surface area contributed by atoms with Gasteiger partial charge in [0.15, 0.2) is 0 Å². The molecule has 0 amide bonds. The normalized spacial score (nSPS) is 25.9. The fraction of sp³-hybridized carbons (Fsp3) is 0.647. The molecule has 0 bridgehead atoms. The third kappa shape index (κ3) is 3.58. The quantitative estimate of drug-likeness (QED) is 0.847. The molecule has 1 aromatic carbocycles. The first-order valence-electron chi connectivity index (χ1n) is 7.42. The van der Waals surface area contributed by atoms with Crippen molar-refractivity contribution in [1.29, 1.82) is 0 Å². The lowest BCUT2D eigenvalue weighted by molar-refractivity contribution is 0.0735.